The van der Waals surface area contributed by atoms with Crippen molar-refractivity contribution < 1.29 is 28.7 Å². The Labute approximate surface area is 160 Å². The first-order valence-electron chi connectivity index (χ1n) is 8.04. The minimum Gasteiger partial charge on any atom is -0.493 e. The summed E-state index contributed by atoms with van der Waals surface area (Å²) in [6.45, 7) is 0. The molecule has 0 N–H and O–H groups in total. The number of aliphatic imine (C=N–C) groups is 1. The van der Waals surface area contributed by atoms with Gasteiger partial charge >= 0.3 is 5.97 Å². The third-order valence-corrected chi connectivity index (χ3v) is 3.94. The molecular formula is C19H16N2O7. The average molecular weight is 384 g/mol. The second-order valence-electron chi connectivity index (χ2n) is 5.57. The molecule has 2 aromatic rings. The lowest BCUT2D eigenvalue weighted by Gasteiger charge is -2.12. The lowest BCUT2D eigenvalue weighted by Crippen LogP contribution is -2.07. The maximum Gasteiger partial charge on any atom is 0.363 e. The van der Waals surface area contributed by atoms with E-state index in [0.717, 1.165) is 0 Å². The molecule has 0 saturated carbocycles. The van der Waals surface area contributed by atoms with Gasteiger partial charge < -0.3 is 18.9 Å². The van der Waals surface area contributed by atoms with Crippen LogP contribution in [0.1, 0.15) is 11.1 Å². The molecule has 144 valence electrons. The predicted octanol–water partition coefficient (Wildman–Crippen LogP) is 2.97. The number of methoxy groups -OCH3 is 3. The largest absolute Gasteiger partial charge is 0.493 e. The minimum atomic E-state index is -0.720. The van der Waals surface area contributed by atoms with Crippen molar-refractivity contribution in [3.63, 3.8) is 0 Å². The van der Waals surface area contributed by atoms with Gasteiger partial charge in [0.05, 0.1) is 26.3 Å². The summed E-state index contributed by atoms with van der Waals surface area (Å²) < 4.78 is 21.0. The predicted molar refractivity (Wildman–Crippen MR) is 99.8 cm³/mol. The lowest BCUT2D eigenvalue weighted by molar-refractivity contribution is -0.385. The molecule has 0 atom stereocenters. The van der Waals surface area contributed by atoms with Crippen molar-refractivity contribution in [1.29, 1.82) is 0 Å². The van der Waals surface area contributed by atoms with Gasteiger partial charge in [-0.2, -0.15) is 0 Å². The fourth-order valence-electron chi connectivity index (χ4n) is 2.68. The third-order valence-electron chi connectivity index (χ3n) is 3.94. The van der Waals surface area contributed by atoms with Gasteiger partial charge in [0.2, 0.25) is 11.6 Å². The highest BCUT2D eigenvalue weighted by molar-refractivity contribution is 6.14. The summed E-state index contributed by atoms with van der Waals surface area (Å²) >= 11 is 0. The first-order valence-corrected chi connectivity index (χ1v) is 8.04. The number of rotatable bonds is 6. The van der Waals surface area contributed by atoms with Crippen molar-refractivity contribution >= 4 is 23.6 Å². The van der Waals surface area contributed by atoms with E-state index in [0.29, 0.717) is 22.8 Å². The van der Waals surface area contributed by atoms with Gasteiger partial charge in [-0.3, -0.25) is 10.1 Å². The zero-order valence-corrected chi connectivity index (χ0v) is 15.3. The van der Waals surface area contributed by atoms with Crippen molar-refractivity contribution in [2.45, 2.75) is 0 Å². The van der Waals surface area contributed by atoms with Crippen molar-refractivity contribution in [2.75, 3.05) is 21.3 Å². The van der Waals surface area contributed by atoms with Crippen LogP contribution in [0.5, 0.6) is 17.2 Å². The van der Waals surface area contributed by atoms with Gasteiger partial charge in [0.1, 0.15) is 5.56 Å². The van der Waals surface area contributed by atoms with Crippen LogP contribution in [0.3, 0.4) is 0 Å². The number of para-hydroxylation sites is 1. The highest BCUT2D eigenvalue weighted by Gasteiger charge is 2.29. The van der Waals surface area contributed by atoms with Gasteiger partial charge in [0, 0.05) is 6.07 Å². The summed E-state index contributed by atoms with van der Waals surface area (Å²) in [4.78, 5) is 27.0. The molecule has 0 radical (unpaired) electrons. The molecule has 0 spiro atoms. The van der Waals surface area contributed by atoms with Crippen LogP contribution in [0.2, 0.25) is 0 Å². The van der Waals surface area contributed by atoms with Crippen LogP contribution in [0.4, 0.5) is 5.69 Å². The van der Waals surface area contributed by atoms with Crippen molar-refractivity contribution in [3.8, 4) is 17.2 Å². The smallest absolute Gasteiger partial charge is 0.363 e. The van der Waals surface area contributed by atoms with Gasteiger partial charge in [0.25, 0.3) is 5.69 Å². The standard InChI is InChI=1S/C19H16N2O7/c1-25-15-9-11(10-16(26-2)17(15)27-3)8-13-19(22)28-18(20-13)12-6-4-5-7-14(12)21(23)24/h4-10H,1-3H3/b13-8+. The van der Waals surface area contributed by atoms with E-state index >= 15 is 0 Å². The number of benzene rings is 2. The molecule has 0 saturated heterocycles. The molecule has 0 unspecified atom stereocenters. The van der Waals surface area contributed by atoms with Gasteiger partial charge in [-0.1, -0.05) is 12.1 Å². The number of hydrogen-bond donors (Lipinski definition) is 0. The molecule has 0 fully saturated rings. The summed E-state index contributed by atoms with van der Waals surface area (Å²) in [5.74, 6) is 0.370. The van der Waals surface area contributed by atoms with Crippen molar-refractivity contribution in [1.82, 2.24) is 0 Å². The third kappa shape index (κ3) is 3.50. The van der Waals surface area contributed by atoms with Crippen LogP contribution >= 0.6 is 0 Å². The second-order valence-corrected chi connectivity index (χ2v) is 5.57. The number of nitro benzene ring substituents is 1. The van der Waals surface area contributed by atoms with E-state index in [1.54, 1.807) is 18.2 Å². The van der Waals surface area contributed by atoms with Crippen LogP contribution in [0, 0.1) is 10.1 Å². The molecule has 28 heavy (non-hydrogen) atoms. The normalized spacial score (nSPS) is 14.5. The van der Waals surface area contributed by atoms with Gasteiger partial charge in [-0.05, 0) is 29.8 Å². The highest BCUT2D eigenvalue weighted by Crippen LogP contribution is 2.39. The summed E-state index contributed by atoms with van der Waals surface area (Å²) in [6, 6.07) is 9.17. The van der Waals surface area contributed by atoms with E-state index in [1.807, 2.05) is 0 Å². The number of nitrogens with zero attached hydrogens (tertiary/aromatic N) is 2. The van der Waals surface area contributed by atoms with Crippen molar-refractivity contribution in [3.05, 3.63) is 63.3 Å². The number of esters is 1. The van der Waals surface area contributed by atoms with E-state index in [4.69, 9.17) is 18.9 Å². The lowest BCUT2D eigenvalue weighted by atomic mass is 10.1. The summed E-state index contributed by atoms with van der Waals surface area (Å²) in [6.07, 6.45) is 1.47. The monoisotopic (exact) mass is 384 g/mol. The molecule has 1 aliphatic heterocycles. The fraction of sp³-hybridized carbons (Fsp3) is 0.158. The van der Waals surface area contributed by atoms with E-state index < -0.39 is 10.9 Å². The SMILES string of the molecule is COc1cc(/C=C2/N=C(c3ccccc3[N+](=O)[O-])OC2=O)cc(OC)c1OC. The van der Waals surface area contributed by atoms with E-state index in [-0.39, 0.29) is 22.8 Å². The number of nitro groups is 1. The molecular weight excluding hydrogens is 368 g/mol. The summed E-state index contributed by atoms with van der Waals surface area (Å²) in [5.41, 5.74) is 0.452. The van der Waals surface area contributed by atoms with Crippen LogP contribution in [0.25, 0.3) is 6.08 Å². The summed E-state index contributed by atoms with van der Waals surface area (Å²) in [5, 5.41) is 11.2. The molecule has 9 heteroatoms. The molecule has 0 aliphatic carbocycles. The molecule has 2 aromatic carbocycles. The second kappa shape index (κ2) is 7.78. The first-order chi connectivity index (χ1) is 13.5. The Morgan fingerprint density at radius 3 is 2.29 bits per heavy atom. The van der Waals surface area contributed by atoms with Crippen LogP contribution in [-0.4, -0.2) is 38.1 Å². The van der Waals surface area contributed by atoms with Gasteiger partial charge in [0.15, 0.2) is 17.2 Å². The molecule has 0 amide bonds. The Hall–Kier alpha value is -3.88. The molecule has 1 aliphatic rings. The summed E-state index contributed by atoms with van der Waals surface area (Å²) in [7, 11) is 4.43. The van der Waals surface area contributed by atoms with Crippen LogP contribution < -0.4 is 14.2 Å². The van der Waals surface area contributed by atoms with Crippen LogP contribution in [0.15, 0.2) is 47.1 Å². The zero-order valence-electron chi connectivity index (χ0n) is 15.3. The number of ether oxygens (including phenoxy) is 4. The topological polar surface area (TPSA) is 109 Å². The molecule has 0 bridgehead atoms. The number of hydrogen-bond acceptors (Lipinski definition) is 8. The van der Waals surface area contributed by atoms with Crippen molar-refractivity contribution in [2.24, 2.45) is 4.99 Å². The van der Waals surface area contributed by atoms with Crippen LogP contribution in [-0.2, 0) is 9.53 Å². The quantitative estimate of drug-likeness (QED) is 0.326. The number of carbonyl (C=O) groups excluding carboxylic acids is 1. The fourth-order valence-corrected chi connectivity index (χ4v) is 2.68. The number of carbonyl (C=O) groups is 1. The Morgan fingerprint density at radius 2 is 1.71 bits per heavy atom. The highest BCUT2D eigenvalue weighted by atomic mass is 16.6. The van der Waals surface area contributed by atoms with E-state index in [9.17, 15) is 14.9 Å². The van der Waals surface area contributed by atoms with Gasteiger partial charge in [-0.15, -0.1) is 0 Å². The first kappa shape index (κ1) is 18.9. The minimum absolute atomic E-state index is 0.0116. The molecule has 9 nitrogen and oxygen atoms in total. The Morgan fingerprint density at radius 1 is 1.07 bits per heavy atom. The molecule has 1 heterocycles. The van der Waals surface area contributed by atoms with E-state index in [2.05, 4.69) is 4.99 Å². The Bertz CT molecular complexity index is 986. The van der Waals surface area contributed by atoms with Gasteiger partial charge in [-0.25, -0.2) is 9.79 Å². The maximum absolute atomic E-state index is 12.2. The Kier molecular flexibility index (Phi) is 5.25. The molecule has 3 rings (SSSR count). The number of cyclic esters (lactones) is 1. The zero-order chi connectivity index (χ0) is 20.3. The van der Waals surface area contributed by atoms with E-state index in [1.165, 1.54) is 45.6 Å². The average Bonchev–Trinajstić information content (AvgIpc) is 3.07. The maximum atomic E-state index is 12.2. The Balaban J connectivity index is 2.04. The molecule has 0 aromatic heterocycles.